The smallest absolute Gasteiger partial charge is 0.237 e. The van der Waals surface area contributed by atoms with Crippen LogP contribution in [-0.4, -0.2) is 23.7 Å². The van der Waals surface area contributed by atoms with E-state index >= 15 is 0 Å². The van der Waals surface area contributed by atoms with Gasteiger partial charge >= 0.3 is 0 Å². The lowest BCUT2D eigenvalue weighted by atomic mass is 10.1. The second-order valence-electron chi connectivity index (χ2n) is 8.11. The highest BCUT2D eigenvalue weighted by atomic mass is 35.5. The van der Waals surface area contributed by atoms with Gasteiger partial charge in [0.1, 0.15) is 5.75 Å². The third kappa shape index (κ3) is 8.96. The molecule has 0 aromatic heterocycles. The molecule has 1 unspecified atom stereocenters. The fraction of sp³-hybridized carbons (Fsp3) is 0.286. The lowest BCUT2D eigenvalue weighted by molar-refractivity contribution is -0.116. The number of unbranched alkanes of at least 4 members (excludes halogenated alkanes) is 1. The Kier molecular flexibility index (Phi) is 10.5. The van der Waals surface area contributed by atoms with Gasteiger partial charge < -0.3 is 15.4 Å². The Morgan fingerprint density at radius 3 is 2.37 bits per heavy atom. The summed E-state index contributed by atoms with van der Waals surface area (Å²) in [4.78, 5) is 26.2. The molecular formula is C28H31ClN2O3S. The van der Waals surface area contributed by atoms with Gasteiger partial charge in [-0.1, -0.05) is 50.1 Å². The zero-order valence-electron chi connectivity index (χ0n) is 20.1. The van der Waals surface area contributed by atoms with Crippen molar-refractivity contribution in [1.29, 1.82) is 0 Å². The van der Waals surface area contributed by atoms with Gasteiger partial charge in [0.05, 0.1) is 18.3 Å². The number of amides is 2. The Balaban J connectivity index is 1.55. The van der Waals surface area contributed by atoms with Gasteiger partial charge in [0.25, 0.3) is 0 Å². The second kappa shape index (κ2) is 13.8. The van der Waals surface area contributed by atoms with Crippen LogP contribution in [0.4, 0.5) is 11.4 Å². The van der Waals surface area contributed by atoms with Crippen molar-refractivity contribution in [2.24, 2.45) is 0 Å². The minimum absolute atomic E-state index is 0.0608. The molecule has 184 valence electrons. The first-order valence-corrected chi connectivity index (χ1v) is 13.1. The third-order valence-corrected chi connectivity index (χ3v) is 6.84. The van der Waals surface area contributed by atoms with Crippen LogP contribution in [0.2, 0.25) is 5.02 Å². The van der Waals surface area contributed by atoms with Crippen LogP contribution in [0.3, 0.4) is 0 Å². The van der Waals surface area contributed by atoms with Crippen molar-refractivity contribution < 1.29 is 14.3 Å². The summed E-state index contributed by atoms with van der Waals surface area (Å²) in [5.41, 5.74) is 2.32. The summed E-state index contributed by atoms with van der Waals surface area (Å²) in [6.45, 7) is 4.80. The lowest BCUT2D eigenvalue weighted by Crippen LogP contribution is -2.24. The second-order valence-corrected chi connectivity index (χ2v) is 9.82. The van der Waals surface area contributed by atoms with Crippen LogP contribution < -0.4 is 15.4 Å². The molecule has 0 spiro atoms. The van der Waals surface area contributed by atoms with Gasteiger partial charge in [0.15, 0.2) is 0 Å². The van der Waals surface area contributed by atoms with E-state index in [0.29, 0.717) is 23.7 Å². The predicted molar refractivity (Wildman–Crippen MR) is 146 cm³/mol. The normalized spacial score (nSPS) is 11.5. The van der Waals surface area contributed by atoms with Crippen molar-refractivity contribution >= 4 is 46.6 Å². The molecule has 5 nitrogen and oxygen atoms in total. The van der Waals surface area contributed by atoms with Crippen LogP contribution in [0.15, 0.2) is 77.7 Å². The number of carbonyl (C=O) groups is 2. The molecule has 3 rings (SSSR count). The Morgan fingerprint density at radius 2 is 1.69 bits per heavy atom. The molecule has 7 heteroatoms. The summed E-state index contributed by atoms with van der Waals surface area (Å²) in [7, 11) is 0. The standard InChI is InChI=1S/C28H31ClN2O3S/c1-3-5-17-34-24-15-13-22(14-16-24)31-28(33)26(4-2)35-25-8-6-7-23(19-25)30-27(32)18-20-9-11-21(29)12-10-20/h6-16,19,26H,3-5,17-18H2,1-2H3,(H,30,32)(H,31,33). The average Bonchev–Trinajstić information content (AvgIpc) is 2.85. The molecule has 0 saturated heterocycles. The van der Waals surface area contributed by atoms with E-state index in [0.717, 1.165) is 34.7 Å². The number of anilines is 2. The van der Waals surface area contributed by atoms with Crippen LogP contribution >= 0.6 is 23.4 Å². The van der Waals surface area contributed by atoms with Crippen molar-refractivity contribution in [2.75, 3.05) is 17.2 Å². The van der Waals surface area contributed by atoms with E-state index in [1.54, 1.807) is 12.1 Å². The molecule has 1 atom stereocenters. The molecule has 0 aliphatic heterocycles. The number of carbonyl (C=O) groups excluding carboxylic acids is 2. The average molecular weight is 511 g/mol. The Morgan fingerprint density at radius 1 is 0.943 bits per heavy atom. The molecule has 2 N–H and O–H groups in total. The van der Waals surface area contributed by atoms with E-state index in [1.807, 2.05) is 67.6 Å². The fourth-order valence-corrected chi connectivity index (χ4v) is 4.46. The van der Waals surface area contributed by atoms with Crippen LogP contribution in [0.25, 0.3) is 0 Å². The van der Waals surface area contributed by atoms with Crippen LogP contribution in [0.1, 0.15) is 38.7 Å². The van der Waals surface area contributed by atoms with Crippen LogP contribution in [0, 0.1) is 0 Å². The molecule has 0 heterocycles. The van der Waals surface area contributed by atoms with E-state index in [-0.39, 0.29) is 23.5 Å². The number of rotatable bonds is 12. The molecule has 0 bridgehead atoms. The van der Waals surface area contributed by atoms with Gasteiger partial charge in [-0.3, -0.25) is 9.59 Å². The van der Waals surface area contributed by atoms with E-state index in [4.69, 9.17) is 16.3 Å². The van der Waals surface area contributed by atoms with Crippen molar-refractivity contribution in [2.45, 2.75) is 49.7 Å². The van der Waals surface area contributed by atoms with E-state index < -0.39 is 0 Å². The maximum absolute atomic E-state index is 12.9. The molecule has 0 aliphatic rings. The van der Waals surface area contributed by atoms with Gasteiger partial charge in [-0.15, -0.1) is 11.8 Å². The lowest BCUT2D eigenvalue weighted by Gasteiger charge is -2.16. The number of hydrogen-bond acceptors (Lipinski definition) is 4. The number of nitrogens with one attached hydrogen (secondary N) is 2. The summed E-state index contributed by atoms with van der Waals surface area (Å²) in [6, 6.07) is 22.2. The van der Waals surface area contributed by atoms with Crippen molar-refractivity contribution in [3.8, 4) is 5.75 Å². The molecule has 2 amide bonds. The van der Waals surface area contributed by atoms with E-state index in [1.165, 1.54) is 11.8 Å². The van der Waals surface area contributed by atoms with E-state index in [2.05, 4.69) is 17.6 Å². The predicted octanol–water partition coefficient (Wildman–Crippen LogP) is 7.21. The molecule has 0 fully saturated rings. The van der Waals surface area contributed by atoms with Crippen molar-refractivity contribution in [1.82, 2.24) is 0 Å². The summed E-state index contributed by atoms with van der Waals surface area (Å²) >= 11 is 7.38. The Labute approximate surface area is 216 Å². The molecule has 35 heavy (non-hydrogen) atoms. The van der Waals surface area contributed by atoms with Crippen LogP contribution in [0.5, 0.6) is 5.75 Å². The molecule has 3 aromatic carbocycles. The van der Waals surface area contributed by atoms with Crippen molar-refractivity contribution in [3.05, 3.63) is 83.4 Å². The number of thioether (sulfide) groups is 1. The molecule has 0 aliphatic carbocycles. The summed E-state index contributed by atoms with van der Waals surface area (Å²) in [6.07, 6.45) is 3.03. The first kappa shape index (κ1) is 26.6. The quantitative estimate of drug-likeness (QED) is 0.199. The SMILES string of the molecule is CCCCOc1ccc(NC(=O)C(CC)Sc2cccc(NC(=O)Cc3ccc(Cl)cc3)c2)cc1. The molecular weight excluding hydrogens is 480 g/mol. The Hall–Kier alpha value is -2.96. The summed E-state index contributed by atoms with van der Waals surface area (Å²) in [5, 5.41) is 6.30. The number of ether oxygens (including phenoxy) is 1. The maximum Gasteiger partial charge on any atom is 0.237 e. The van der Waals surface area contributed by atoms with E-state index in [9.17, 15) is 9.59 Å². The topological polar surface area (TPSA) is 67.4 Å². The fourth-order valence-electron chi connectivity index (χ4n) is 3.32. The highest BCUT2D eigenvalue weighted by Gasteiger charge is 2.18. The minimum Gasteiger partial charge on any atom is -0.494 e. The minimum atomic E-state index is -0.268. The molecule has 0 saturated carbocycles. The highest BCUT2D eigenvalue weighted by molar-refractivity contribution is 8.00. The Bertz CT molecular complexity index is 1100. The van der Waals surface area contributed by atoms with Gasteiger partial charge in [0.2, 0.25) is 11.8 Å². The van der Waals surface area contributed by atoms with Gasteiger partial charge in [-0.2, -0.15) is 0 Å². The first-order chi connectivity index (χ1) is 17.0. The van der Waals surface area contributed by atoms with Gasteiger partial charge in [-0.05, 0) is 73.0 Å². The van der Waals surface area contributed by atoms with Crippen molar-refractivity contribution in [3.63, 3.8) is 0 Å². The zero-order valence-corrected chi connectivity index (χ0v) is 21.6. The maximum atomic E-state index is 12.9. The number of benzene rings is 3. The largest absolute Gasteiger partial charge is 0.494 e. The highest BCUT2D eigenvalue weighted by Crippen LogP contribution is 2.29. The first-order valence-electron chi connectivity index (χ1n) is 11.8. The molecule has 3 aromatic rings. The summed E-state index contributed by atoms with van der Waals surface area (Å²) in [5.74, 6) is 0.628. The number of hydrogen-bond donors (Lipinski definition) is 2. The number of halogens is 1. The third-order valence-electron chi connectivity index (χ3n) is 5.23. The van der Waals surface area contributed by atoms with Crippen LogP contribution in [-0.2, 0) is 16.0 Å². The summed E-state index contributed by atoms with van der Waals surface area (Å²) < 4.78 is 5.68. The van der Waals surface area contributed by atoms with Gasteiger partial charge in [0, 0.05) is 21.3 Å². The zero-order chi connectivity index (χ0) is 25.0. The monoisotopic (exact) mass is 510 g/mol. The molecule has 0 radical (unpaired) electrons. The van der Waals surface area contributed by atoms with Gasteiger partial charge in [-0.25, -0.2) is 0 Å².